The first-order chi connectivity index (χ1) is 25.7. The lowest BCUT2D eigenvalue weighted by molar-refractivity contribution is -0.870. The number of carbonyl (C=O) groups excluding carboxylic acids is 7. The standard InChI is InChI=1S/C37H56N4O14/c1-21(2)18-28(35(47)49-17-16-41(8,9)10)39-34(46)30(40-37(48)51-19-27-14-12-11-13-15-27)22(3)52-36-31(38-23(4)42)33(54-26(7)45)32(53-25(6)44)29(55-36)20-50-24(5)43/h11-15,21-22,28-33,36H,16-20H2,1-10H3,(H2-,38,39,40,42,46,48)/p+1/t22-,28+,29-,30+,31-,32-,33-,36-/m1/s1. The minimum Gasteiger partial charge on any atom is -0.463 e. The van der Waals surface area contributed by atoms with E-state index in [1.807, 2.05) is 35.0 Å². The molecular weight excluding hydrogens is 724 g/mol. The van der Waals surface area contributed by atoms with Crippen LogP contribution in [0.4, 0.5) is 4.79 Å². The van der Waals surface area contributed by atoms with Crippen LogP contribution in [0.25, 0.3) is 0 Å². The lowest BCUT2D eigenvalue weighted by atomic mass is 9.95. The fourth-order valence-corrected chi connectivity index (χ4v) is 5.45. The molecule has 1 heterocycles. The number of nitrogens with one attached hydrogen (secondary N) is 3. The summed E-state index contributed by atoms with van der Waals surface area (Å²) in [4.78, 5) is 89.2. The van der Waals surface area contributed by atoms with Crippen LogP contribution in [0.5, 0.6) is 0 Å². The summed E-state index contributed by atoms with van der Waals surface area (Å²) in [6.45, 7) is 9.61. The zero-order valence-electron chi connectivity index (χ0n) is 33.3. The second-order valence-corrected chi connectivity index (χ2v) is 14.6. The maximum absolute atomic E-state index is 14.1. The normalized spacial score (nSPS) is 21.2. The van der Waals surface area contributed by atoms with Crippen LogP contribution in [0.1, 0.15) is 60.5 Å². The second-order valence-electron chi connectivity index (χ2n) is 14.6. The predicted octanol–water partition coefficient (Wildman–Crippen LogP) is 1.12. The molecule has 55 heavy (non-hydrogen) atoms. The molecule has 3 N–H and O–H groups in total. The van der Waals surface area contributed by atoms with E-state index in [0.717, 1.165) is 20.8 Å². The highest BCUT2D eigenvalue weighted by Gasteiger charge is 2.52. The molecule has 18 heteroatoms. The summed E-state index contributed by atoms with van der Waals surface area (Å²) in [7, 11) is 5.81. The molecule has 2 rings (SSSR count). The van der Waals surface area contributed by atoms with E-state index in [1.54, 1.807) is 30.3 Å². The molecule has 1 saturated heterocycles. The van der Waals surface area contributed by atoms with E-state index in [9.17, 15) is 33.6 Å². The molecule has 1 fully saturated rings. The number of esters is 4. The number of likely N-dealkylation sites (N-methyl/N-ethyl adjacent to an activating group) is 1. The smallest absolute Gasteiger partial charge is 0.408 e. The van der Waals surface area contributed by atoms with Gasteiger partial charge in [-0.1, -0.05) is 44.2 Å². The average molecular weight is 782 g/mol. The Bertz CT molecular complexity index is 1470. The number of hydrogen-bond donors (Lipinski definition) is 3. The maximum atomic E-state index is 14.1. The van der Waals surface area contributed by atoms with E-state index in [1.165, 1.54) is 13.8 Å². The SMILES string of the molecule is CC(=O)N[C@H]1[C@H](O[C@H](C)[C@H](NC(=O)OCc2ccccc2)C(=O)N[C@@H](CC(C)C)C(=O)OCC[N+](C)(C)C)O[C@H](COC(C)=O)[C@@H](OC(C)=O)[C@@H]1OC(C)=O. The molecule has 8 atom stereocenters. The van der Waals surface area contributed by atoms with Crippen LogP contribution >= 0.6 is 0 Å². The third-order valence-electron chi connectivity index (χ3n) is 7.97. The second kappa shape index (κ2) is 21.9. The molecule has 1 aliphatic heterocycles. The van der Waals surface area contributed by atoms with Crippen molar-refractivity contribution in [2.45, 2.75) is 110 Å². The van der Waals surface area contributed by atoms with Crippen LogP contribution in [0.15, 0.2) is 30.3 Å². The number of quaternary nitrogens is 1. The van der Waals surface area contributed by atoms with Gasteiger partial charge in [0.1, 0.15) is 50.6 Å². The lowest BCUT2D eigenvalue weighted by Crippen LogP contribution is -2.67. The molecule has 0 bridgehead atoms. The fourth-order valence-electron chi connectivity index (χ4n) is 5.45. The van der Waals surface area contributed by atoms with Crippen molar-refractivity contribution in [1.29, 1.82) is 0 Å². The molecule has 0 aliphatic carbocycles. The molecular formula is C37H57N4O14+. The van der Waals surface area contributed by atoms with E-state index < -0.39 is 97.2 Å². The van der Waals surface area contributed by atoms with Gasteiger partial charge in [-0.05, 0) is 24.8 Å². The topological polar surface area (TPSA) is 220 Å². The summed E-state index contributed by atoms with van der Waals surface area (Å²) < 4.78 is 39.9. The maximum Gasteiger partial charge on any atom is 0.408 e. The highest BCUT2D eigenvalue weighted by Crippen LogP contribution is 2.29. The van der Waals surface area contributed by atoms with Crippen LogP contribution in [0.2, 0.25) is 0 Å². The van der Waals surface area contributed by atoms with Crippen LogP contribution in [-0.4, -0.2) is 136 Å². The van der Waals surface area contributed by atoms with Crippen molar-refractivity contribution in [1.82, 2.24) is 16.0 Å². The van der Waals surface area contributed by atoms with Gasteiger partial charge in [-0.2, -0.15) is 0 Å². The van der Waals surface area contributed by atoms with E-state index in [2.05, 4.69) is 16.0 Å². The highest BCUT2D eigenvalue weighted by molar-refractivity contribution is 5.90. The fraction of sp³-hybridized carbons (Fsp3) is 0.649. The van der Waals surface area contributed by atoms with E-state index in [0.29, 0.717) is 16.6 Å². The number of alkyl carbamates (subject to hydrolysis) is 1. The number of rotatable bonds is 19. The van der Waals surface area contributed by atoms with Gasteiger partial charge in [0.25, 0.3) is 0 Å². The summed E-state index contributed by atoms with van der Waals surface area (Å²) in [5, 5.41) is 7.77. The Morgan fingerprint density at radius 2 is 1.42 bits per heavy atom. The Hall–Kier alpha value is -4.81. The first kappa shape index (κ1) is 46.3. The Morgan fingerprint density at radius 1 is 0.800 bits per heavy atom. The molecule has 0 saturated carbocycles. The van der Waals surface area contributed by atoms with Gasteiger partial charge < -0.3 is 53.6 Å². The number of amides is 3. The largest absolute Gasteiger partial charge is 0.463 e. The summed E-state index contributed by atoms with van der Waals surface area (Å²) >= 11 is 0. The van der Waals surface area contributed by atoms with Crippen LogP contribution < -0.4 is 16.0 Å². The van der Waals surface area contributed by atoms with Crippen molar-refractivity contribution in [3.05, 3.63) is 35.9 Å². The number of ether oxygens (including phenoxy) is 7. The quantitative estimate of drug-likeness (QED) is 0.102. The van der Waals surface area contributed by atoms with E-state index in [4.69, 9.17) is 33.2 Å². The van der Waals surface area contributed by atoms with Crippen molar-refractivity contribution in [2.75, 3.05) is 40.9 Å². The van der Waals surface area contributed by atoms with Gasteiger partial charge in [-0.25, -0.2) is 9.59 Å². The van der Waals surface area contributed by atoms with Gasteiger partial charge in [-0.3, -0.25) is 24.0 Å². The third kappa shape index (κ3) is 17.0. The van der Waals surface area contributed by atoms with Crippen molar-refractivity contribution < 1.29 is 71.2 Å². The average Bonchev–Trinajstić information content (AvgIpc) is 3.06. The molecule has 3 amide bonds. The zero-order chi connectivity index (χ0) is 41.5. The minimum atomic E-state index is -1.57. The summed E-state index contributed by atoms with van der Waals surface area (Å²) in [5.74, 6) is -4.52. The summed E-state index contributed by atoms with van der Waals surface area (Å²) in [6, 6.07) is 4.75. The Labute approximate surface area is 321 Å². The van der Waals surface area contributed by atoms with Crippen molar-refractivity contribution >= 4 is 41.8 Å². The number of hydrogen-bond acceptors (Lipinski definition) is 14. The molecule has 0 spiro atoms. The number of carbonyl (C=O) groups is 7. The monoisotopic (exact) mass is 781 g/mol. The van der Waals surface area contributed by atoms with Gasteiger partial charge >= 0.3 is 30.0 Å². The molecule has 0 unspecified atom stereocenters. The van der Waals surface area contributed by atoms with Gasteiger partial charge in [-0.15, -0.1) is 0 Å². The molecule has 0 aromatic heterocycles. The minimum absolute atomic E-state index is 0.0567. The van der Waals surface area contributed by atoms with E-state index in [-0.39, 0.29) is 25.6 Å². The van der Waals surface area contributed by atoms with Crippen LogP contribution in [-0.2, 0) is 68.5 Å². The molecule has 1 aromatic rings. The van der Waals surface area contributed by atoms with Crippen molar-refractivity contribution in [3.8, 4) is 0 Å². The molecule has 0 radical (unpaired) electrons. The van der Waals surface area contributed by atoms with Crippen molar-refractivity contribution in [3.63, 3.8) is 0 Å². The van der Waals surface area contributed by atoms with Gasteiger partial charge in [0.2, 0.25) is 11.8 Å². The first-order valence-corrected chi connectivity index (χ1v) is 18.0. The predicted molar refractivity (Wildman–Crippen MR) is 193 cm³/mol. The zero-order valence-corrected chi connectivity index (χ0v) is 33.3. The number of benzene rings is 1. The number of nitrogens with zero attached hydrogens (tertiary/aromatic N) is 1. The van der Waals surface area contributed by atoms with Crippen molar-refractivity contribution in [2.24, 2.45) is 5.92 Å². The molecule has 308 valence electrons. The lowest BCUT2D eigenvalue weighted by Gasteiger charge is -2.45. The molecule has 18 nitrogen and oxygen atoms in total. The molecule has 1 aliphatic rings. The van der Waals surface area contributed by atoms with E-state index >= 15 is 0 Å². The van der Waals surface area contributed by atoms with Crippen LogP contribution in [0.3, 0.4) is 0 Å². The third-order valence-corrected chi connectivity index (χ3v) is 7.97. The first-order valence-electron chi connectivity index (χ1n) is 18.0. The Morgan fingerprint density at radius 3 is 1.96 bits per heavy atom. The van der Waals surface area contributed by atoms with Crippen LogP contribution in [0, 0.1) is 5.92 Å². The molecule has 1 aromatic carbocycles. The summed E-state index contributed by atoms with van der Waals surface area (Å²) in [5.41, 5.74) is 0.669. The van der Waals surface area contributed by atoms with Gasteiger partial charge in [0, 0.05) is 27.7 Å². The Kier molecular flexibility index (Phi) is 18.5. The summed E-state index contributed by atoms with van der Waals surface area (Å²) in [6.07, 6.45) is -7.83. The van der Waals surface area contributed by atoms with Gasteiger partial charge in [0.05, 0.1) is 27.2 Å². The Balaban J connectivity index is 2.51. The highest BCUT2D eigenvalue weighted by atomic mass is 16.7. The van der Waals surface area contributed by atoms with Gasteiger partial charge in [0.15, 0.2) is 18.5 Å².